The molecule has 19 heteroatoms. The van der Waals surface area contributed by atoms with Crippen LogP contribution in [0.25, 0.3) is 10.7 Å². The summed E-state index contributed by atoms with van der Waals surface area (Å²) in [6.07, 6.45) is -3.02. The Morgan fingerprint density at radius 3 is 1.38 bits per heavy atom. The highest BCUT2D eigenvalue weighted by Crippen LogP contribution is 2.36. The second-order valence-corrected chi connectivity index (χ2v) is 24.6. The Kier molecular flexibility index (Phi) is 22.7. The van der Waals surface area contributed by atoms with Gasteiger partial charge < -0.3 is 52.7 Å². The number of carbonyl (C=O) groups excluding carboxylic acids is 1. The summed E-state index contributed by atoms with van der Waals surface area (Å²) in [5, 5.41) is 13.7. The van der Waals surface area contributed by atoms with E-state index in [1.54, 1.807) is 24.2 Å². The molecule has 0 aliphatic carbocycles. The molecule has 1 unspecified atom stereocenters. The van der Waals surface area contributed by atoms with E-state index in [0.29, 0.717) is 70.9 Å². The molecule has 0 bridgehead atoms. The van der Waals surface area contributed by atoms with E-state index in [1.165, 1.54) is 22.7 Å². The lowest BCUT2D eigenvalue weighted by atomic mass is 9.93. The van der Waals surface area contributed by atoms with E-state index in [1.807, 2.05) is 219 Å². The summed E-state index contributed by atoms with van der Waals surface area (Å²) in [6, 6.07) is 70.2. The van der Waals surface area contributed by atoms with Gasteiger partial charge in [0.15, 0.2) is 11.4 Å². The number of benzene rings is 7. The second-order valence-electron chi connectivity index (χ2n) is 22.6. The number of hydrogen-bond donors (Lipinski definition) is 1. The predicted octanol–water partition coefficient (Wildman–Crippen LogP) is 12.7. The van der Waals surface area contributed by atoms with Gasteiger partial charge in [-0.3, -0.25) is 4.79 Å². The van der Waals surface area contributed by atoms with Crippen LogP contribution in [0.15, 0.2) is 225 Å². The average molecular weight is 1280 g/mol. The first-order valence-electron chi connectivity index (χ1n) is 30.9. The molecule has 5 heterocycles. The number of carbonyl (C=O) groups is 1. The summed E-state index contributed by atoms with van der Waals surface area (Å²) in [5.74, 6) is -0.212. The topological polar surface area (TPSA) is 178 Å². The largest absolute Gasteiger partial charge is 0.374 e. The number of rotatable bonds is 31. The Balaban J connectivity index is 0.763. The van der Waals surface area contributed by atoms with Gasteiger partial charge in [-0.05, 0) is 45.9 Å². The van der Waals surface area contributed by atoms with Gasteiger partial charge in [-0.25, -0.2) is 14.6 Å². The van der Waals surface area contributed by atoms with Crippen molar-refractivity contribution in [2.24, 2.45) is 0 Å². The van der Waals surface area contributed by atoms with Crippen LogP contribution in [0.5, 0.6) is 0 Å². The molecule has 92 heavy (non-hydrogen) atoms. The van der Waals surface area contributed by atoms with Crippen molar-refractivity contribution in [1.29, 1.82) is 0 Å². The number of hydrogen-bond acceptors (Lipinski definition) is 18. The van der Waals surface area contributed by atoms with Crippen LogP contribution in [0, 0.1) is 6.92 Å². The molecule has 3 aromatic heterocycles. The number of ketones is 1. The van der Waals surface area contributed by atoms with E-state index in [0.717, 1.165) is 38.9 Å². The van der Waals surface area contributed by atoms with E-state index in [4.69, 9.17) is 57.3 Å². The average Bonchev–Trinajstić information content (AvgIpc) is 0.962. The zero-order valence-electron chi connectivity index (χ0n) is 51.2. The van der Waals surface area contributed by atoms with Gasteiger partial charge in [0.2, 0.25) is 5.78 Å². The Morgan fingerprint density at radius 1 is 0.500 bits per heavy atom. The van der Waals surface area contributed by atoms with Crippen molar-refractivity contribution in [1.82, 2.24) is 25.0 Å². The van der Waals surface area contributed by atoms with E-state index in [9.17, 15) is 4.79 Å². The van der Waals surface area contributed by atoms with Crippen LogP contribution >= 0.6 is 22.7 Å². The Bertz CT molecular complexity index is 3800. The number of thiazole rings is 2. The molecule has 0 spiro atoms. The van der Waals surface area contributed by atoms with Gasteiger partial charge >= 0.3 is 0 Å². The number of aryl methyl sites for hydroxylation is 1. The van der Waals surface area contributed by atoms with Crippen molar-refractivity contribution in [2.75, 3.05) is 25.6 Å². The molecule has 0 radical (unpaired) electrons. The summed E-state index contributed by atoms with van der Waals surface area (Å²) in [6.45, 7) is 4.71. The highest BCUT2D eigenvalue weighted by Gasteiger charge is 2.50. The minimum atomic E-state index is -0.823. The lowest BCUT2D eigenvalue weighted by Gasteiger charge is -2.46. The van der Waals surface area contributed by atoms with Crippen LogP contribution in [0.3, 0.4) is 0 Å². The number of methoxy groups -OCH3 is 1. The van der Waals surface area contributed by atoms with Crippen molar-refractivity contribution >= 4 is 33.6 Å². The molecule has 474 valence electrons. The van der Waals surface area contributed by atoms with E-state index in [2.05, 4.69) is 15.6 Å². The third-order valence-corrected chi connectivity index (χ3v) is 18.1. The molecule has 10 atom stereocenters. The Hall–Kier alpha value is -7.99. The number of nitrogens with one attached hydrogen (secondary N) is 1. The predicted molar refractivity (Wildman–Crippen MR) is 350 cm³/mol. The summed E-state index contributed by atoms with van der Waals surface area (Å²) in [5.41, 5.74) is 8.08. The van der Waals surface area contributed by atoms with Gasteiger partial charge in [0.05, 0.1) is 87.2 Å². The van der Waals surface area contributed by atoms with Crippen LogP contribution in [0.2, 0.25) is 0 Å². The van der Waals surface area contributed by atoms with Crippen LogP contribution < -0.4 is 5.32 Å². The fraction of sp³-hybridized carbons (Fsp3) is 0.301. The number of aromatic nitrogens is 5. The summed E-state index contributed by atoms with van der Waals surface area (Å²) < 4.78 is 69.2. The van der Waals surface area contributed by atoms with Crippen LogP contribution in [-0.2, 0) is 100 Å². The number of nitrogens with zero attached hydrogens (tertiary/aromatic N) is 5. The normalized spacial score (nSPS) is 21.5. The maximum atomic E-state index is 14.6. The third-order valence-electron chi connectivity index (χ3n) is 16.0. The highest BCUT2D eigenvalue weighted by atomic mass is 32.1. The molecule has 2 aliphatic rings. The maximum Gasteiger partial charge on any atom is 0.216 e. The monoisotopic (exact) mass is 1270 g/mol. The number of anilines is 1. The lowest BCUT2D eigenvalue weighted by Crippen LogP contribution is -2.62. The lowest BCUT2D eigenvalue weighted by molar-refractivity contribution is -0.319. The summed E-state index contributed by atoms with van der Waals surface area (Å²) in [4.78, 5) is 25.0. The molecule has 17 nitrogen and oxygen atoms in total. The molecule has 12 rings (SSSR count). The zero-order valence-corrected chi connectivity index (χ0v) is 52.9. The van der Waals surface area contributed by atoms with Crippen molar-refractivity contribution < 1.29 is 52.2 Å². The van der Waals surface area contributed by atoms with Gasteiger partial charge in [-0.2, -0.15) is 0 Å². The molecule has 7 aromatic carbocycles. The van der Waals surface area contributed by atoms with Crippen molar-refractivity contribution in [3.8, 4) is 10.7 Å². The molecule has 10 aromatic rings. The van der Waals surface area contributed by atoms with Crippen LogP contribution in [0.4, 0.5) is 5.13 Å². The summed E-state index contributed by atoms with van der Waals surface area (Å²) in [7, 11) is 1.60. The molecule has 2 aliphatic heterocycles. The molecule has 2 saturated heterocycles. The van der Waals surface area contributed by atoms with Crippen molar-refractivity contribution in [3.05, 3.63) is 279 Å². The Labute approximate surface area is 544 Å². The molecule has 1 N–H and O–H groups in total. The zero-order chi connectivity index (χ0) is 62.7. The van der Waals surface area contributed by atoms with Crippen LogP contribution in [-0.4, -0.2) is 112 Å². The van der Waals surface area contributed by atoms with E-state index >= 15 is 0 Å². The van der Waals surface area contributed by atoms with E-state index in [-0.39, 0.29) is 32.1 Å². The smallest absolute Gasteiger partial charge is 0.216 e. The van der Waals surface area contributed by atoms with Gasteiger partial charge in [-0.1, -0.05) is 229 Å². The standard InChI is InChI=1S/C73H74N6O11S2/c1-50-70(92-71(76-50)58-40-79(78-77-58)41-60-65(84-44-53-28-14-5-15-29-53)68(87-47-56-34-20-8-21-35-56)69(72(81-2)90-60)88-48-57-36-22-9-23-37-57)63(80)62-39-75-73(91-62)74-38-59-64(83-43-52-26-12-4-13-27-52)67(86-46-55-32-18-7-19-33-55)66(85-45-54-30-16-6-17-31-54)61(89-59)49-82-42-51-24-10-3-11-25-51/h3-37,39-40,59-61,64-69,72H,38,41-49H2,1-2H3,(H,74,75)/t59-,60-,61-,64-,65-,66-,67-,68+,69?,72+/m1/s1. The minimum absolute atomic E-state index is 0.212. The maximum absolute atomic E-state index is 14.6. The molecular formula is C73H74N6O11S2. The third kappa shape index (κ3) is 17.2. The molecule has 0 saturated carbocycles. The first-order chi connectivity index (χ1) is 45.4. The fourth-order valence-corrected chi connectivity index (χ4v) is 13.1. The van der Waals surface area contributed by atoms with Crippen molar-refractivity contribution in [2.45, 2.75) is 121 Å². The van der Waals surface area contributed by atoms with Gasteiger partial charge in [-0.15, -0.1) is 16.4 Å². The first-order valence-corrected chi connectivity index (χ1v) is 32.5. The van der Waals surface area contributed by atoms with Crippen molar-refractivity contribution in [3.63, 3.8) is 0 Å². The second kappa shape index (κ2) is 32.5. The number of ether oxygens (including phenoxy) is 10. The molecule has 2 fully saturated rings. The fourth-order valence-electron chi connectivity index (χ4n) is 11.3. The SMILES string of the molecule is CO[C@H]1O[C@H](Cn2cc(-c3nc(C)c(C(=O)c4cnc(NC[C@H]5O[C@H](COCc6ccccc6)[C@@H](OCc6ccccc6)[C@H](OCc6ccccc6)[C@@H]5OCc5ccccc5)s4)s3)nn2)[C@@H](OCc2ccccc2)[C@H](OCc2ccccc2)C1OCc1ccccc1. The molecule has 0 amide bonds. The summed E-state index contributed by atoms with van der Waals surface area (Å²) >= 11 is 2.50. The first kappa shape index (κ1) is 64.1. The van der Waals surface area contributed by atoms with E-state index < -0.39 is 61.2 Å². The highest BCUT2D eigenvalue weighted by molar-refractivity contribution is 7.20. The van der Waals surface area contributed by atoms with Gasteiger partial charge in [0.25, 0.3) is 0 Å². The minimum Gasteiger partial charge on any atom is -0.374 e. The molecular weight excluding hydrogens is 1200 g/mol. The quantitative estimate of drug-likeness (QED) is 0.0405. The van der Waals surface area contributed by atoms with Gasteiger partial charge in [0, 0.05) is 13.7 Å². The van der Waals surface area contributed by atoms with Gasteiger partial charge in [0.1, 0.15) is 65.6 Å². The van der Waals surface area contributed by atoms with Crippen LogP contribution in [0.1, 0.15) is 59.2 Å². The Morgan fingerprint density at radius 2 is 0.913 bits per heavy atom.